The van der Waals surface area contributed by atoms with E-state index in [1.54, 1.807) is 0 Å². The first-order chi connectivity index (χ1) is 7.13. The minimum Gasteiger partial charge on any atom is -0.324 e. The molecule has 0 aromatic carbocycles. The van der Waals surface area contributed by atoms with Gasteiger partial charge in [0.05, 0.1) is 5.03 Å². The molecule has 1 rings (SSSR count). The molecule has 3 heteroatoms. The first-order valence-corrected chi connectivity index (χ1v) is 6.46. The van der Waals surface area contributed by atoms with Crippen LogP contribution in [-0.4, -0.2) is 10.7 Å². The molecule has 0 amide bonds. The number of nitrogens with two attached hydrogens (primary N) is 1. The first kappa shape index (κ1) is 12.5. The number of hydrogen-bond donors (Lipinski definition) is 1. The summed E-state index contributed by atoms with van der Waals surface area (Å²) in [6.45, 7) is 6.46. The Morgan fingerprint density at radius 1 is 1.40 bits per heavy atom. The van der Waals surface area contributed by atoms with Crippen molar-refractivity contribution in [3.05, 3.63) is 23.9 Å². The Hall–Kier alpha value is -0.540. The molecule has 1 unspecified atom stereocenters. The van der Waals surface area contributed by atoms with Crippen LogP contribution in [0.4, 0.5) is 0 Å². The summed E-state index contributed by atoms with van der Waals surface area (Å²) in [7, 11) is 0. The van der Waals surface area contributed by atoms with Gasteiger partial charge in [0.15, 0.2) is 0 Å². The summed E-state index contributed by atoms with van der Waals surface area (Å²) in [6.07, 6.45) is 3.11. The van der Waals surface area contributed by atoms with Crippen LogP contribution in [-0.2, 0) is 0 Å². The molecule has 0 saturated heterocycles. The fourth-order valence-corrected chi connectivity index (χ4v) is 2.07. The van der Waals surface area contributed by atoms with Crippen molar-refractivity contribution >= 4 is 11.8 Å². The van der Waals surface area contributed by atoms with Crippen LogP contribution in [0.2, 0.25) is 0 Å². The molecule has 0 aliphatic heterocycles. The summed E-state index contributed by atoms with van der Waals surface area (Å²) in [5, 5.41) is 1.10. The quantitative estimate of drug-likeness (QED) is 0.780. The van der Waals surface area contributed by atoms with Gasteiger partial charge in [-0.2, -0.15) is 0 Å². The zero-order valence-corrected chi connectivity index (χ0v) is 10.6. The molecule has 1 heterocycles. The monoisotopic (exact) mass is 224 g/mol. The van der Waals surface area contributed by atoms with E-state index < -0.39 is 0 Å². The van der Waals surface area contributed by atoms with Gasteiger partial charge in [-0.15, -0.1) is 11.8 Å². The van der Waals surface area contributed by atoms with E-state index in [0.717, 1.165) is 22.3 Å². The second-order valence-electron chi connectivity index (χ2n) is 4.04. The SMILES string of the molecule is CCC(C)CSc1ccc([C@H](C)N)cn1. The van der Waals surface area contributed by atoms with Crippen molar-refractivity contribution < 1.29 is 0 Å². The Labute approximate surface area is 96.7 Å². The number of nitrogens with zero attached hydrogens (tertiary/aromatic N) is 1. The largest absolute Gasteiger partial charge is 0.324 e. The third-order valence-electron chi connectivity index (χ3n) is 2.50. The van der Waals surface area contributed by atoms with Crippen LogP contribution in [0.25, 0.3) is 0 Å². The molecule has 2 N–H and O–H groups in total. The van der Waals surface area contributed by atoms with Gasteiger partial charge in [-0.1, -0.05) is 26.3 Å². The number of aromatic nitrogens is 1. The van der Waals surface area contributed by atoms with Gasteiger partial charge < -0.3 is 5.73 Å². The van der Waals surface area contributed by atoms with Gasteiger partial charge in [0, 0.05) is 18.0 Å². The molecule has 0 spiro atoms. The molecular weight excluding hydrogens is 204 g/mol. The van der Waals surface area contributed by atoms with E-state index in [4.69, 9.17) is 5.73 Å². The summed E-state index contributed by atoms with van der Waals surface area (Å²) < 4.78 is 0. The van der Waals surface area contributed by atoms with Crippen LogP contribution in [0.1, 0.15) is 38.8 Å². The van der Waals surface area contributed by atoms with E-state index in [9.17, 15) is 0 Å². The van der Waals surface area contributed by atoms with Crippen molar-refractivity contribution in [3.63, 3.8) is 0 Å². The molecule has 1 aromatic heterocycles. The molecule has 84 valence electrons. The predicted molar refractivity (Wildman–Crippen MR) is 67.0 cm³/mol. The highest BCUT2D eigenvalue weighted by molar-refractivity contribution is 7.99. The Kier molecular flexibility index (Phi) is 5.12. The lowest BCUT2D eigenvalue weighted by Crippen LogP contribution is -2.05. The maximum absolute atomic E-state index is 5.76. The zero-order chi connectivity index (χ0) is 11.3. The van der Waals surface area contributed by atoms with Gasteiger partial charge in [0.1, 0.15) is 0 Å². The van der Waals surface area contributed by atoms with Crippen LogP contribution in [0.15, 0.2) is 23.4 Å². The van der Waals surface area contributed by atoms with Gasteiger partial charge in [0.25, 0.3) is 0 Å². The van der Waals surface area contributed by atoms with Crippen molar-refractivity contribution in [2.75, 3.05) is 5.75 Å². The third kappa shape index (κ3) is 4.22. The fourth-order valence-electron chi connectivity index (χ4n) is 1.09. The molecule has 0 aliphatic rings. The molecule has 0 fully saturated rings. The maximum atomic E-state index is 5.76. The smallest absolute Gasteiger partial charge is 0.0960 e. The van der Waals surface area contributed by atoms with Crippen LogP contribution in [0.3, 0.4) is 0 Å². The van der Waals surface area contributed by atoms with E-state index in [-0.39, 0.29) is 6.04 Å². The average Bonchev–Trinajstić information content (AvgIpc) is 2.26. The topological polar surface area (TPSA) is 38.9 Å². The molecular formula is C12H20N2S. The van der Waals surface area contributed by atoms with E-state index in [1.165, 1.54) is 6.42 Å². The maximum Gasteiger partial charge on any atom is 0.0960 e. The molecule has 0 radical (unpaired) electrons. The molecule has 0 saturated carbocycles. The van der Waals surface area contributed by atoms with Crippen molar-refractivity contribution in [1.29, 1.82) is 0 Å². The number of hydrogen-bond acceptors (Lipinski definition) is 3. The van der Waals surface area contributed by atoms with E-state index in [0.29, 0.717) is 0 Å². The summed E-state index contributed by atoms with van der Waals surface area (Å²) in [6, 6.07) is 4.20. The zero-order valence-electron chi connectivity index (χ0n) is 9.73. The Morgan fingerprint density at radius 3 is 2.60 bits per heavy atom. The van der Waals surface area contributed by atoms with Crippen LogP contribution in [0, 0.1) is 5.92 Å². The first-order valence-electron chi connectivity index (χ1n) is 5.47. The summed E-state index contributed by atoms with van der Waals surface area (Å²) in [4.78, 5) is 4.39. The van der Waals surface area contributed by atoms with Crippen molar-refractivity contribution in [1.82, 2.24) is 4.98 Å². The van der Waals surface area contributed by atoms with Crippen molar-refractivity contribution in [2.24, 2.45) is 11.7 Å². The van der Waals surface area contributed by atoms with Crippen molar-refractivity contribution in [3.8, 4) is 0 Å². The lowest BCUT2D eigenvalue weighted by Gasteiger charge is -2.08. The lowest BCUT2D eigenvalue weighted by molar-refractivity contribution is 0.636. The van der Waals surface area contributed by atoms with Crippen LogP contribution in [0.5, 0.6) is 0 Å². The van der Waals surface area contributed by atoms with Crippen LogP contribution < -0.4 is 5.73 Å². The van der Waals surface area contributed by atoms with Crippen LogP contribution >= 0.6 is 11.8 Å². The molecule has 1 aromatic rings. The van der Waals surface area contributed by atoms with Gasteiger partial charge in [-0.25, -0.2) is 4.98 Å². The number of pyridine rings is 1. The van der Waals surface area contributed by atoms with Crippen molar-refractivity contribution in [2.45, 2.75) is 38.3 Å². The molecule has 15 heavy (non-hydrogen) atoms. The summed E-state index contributed by atoms with van der Waals surface area (Å²) in [5.74, 6) is 1.89. The Balaban J connectivity index is 2.50. The molecule has 2 nitrogen and oxygen atoms in total. The average molecular weight is 224 g/mol. The van der Waals surface area contributed by atoms with Gasteiger partial charge in [-0.05, 0) is 24.5 Å². The minimum atomic E-state index is 0.0751. The second-order valence-corrected chi connectivity index (χ2v) is 5.08. The minimum absolute atomic E-state index is 0.0751. The normalized spacial score (nSPS) is 14.9. The Bertz CT molecular complexity index is 282. The lowest BCUT2D eigenvalue weighted by atomic mass is 10.2. The van der Waals surface area contributed by atoms with E-state index in [2.05, 4.69) is 31.0 Å². The molecule has 0 bridgehead atoms. The number of thioether (sulfide) groups is 1. The van der Waals surface area contributed by atoms with E-state index in [1.807, 2.05) is 24.9 Å². The van der Waals surface area contributed by atoms with E-state index >= 15 is 0 Å². The predicted octanol–water partition coefficient (Wildman–Crippen LogP) is 3.24. The highest BCUT2D eigenvalue weighted by atomic mass is 32.2. The summed E-state index contributed by atoms with van der Waals surface area (Å²) in [5.41, 5.74) is 6.86. The molecule has 2 atom stereocenters. The highest BCUT2D eigenvalue weighted by Crippen LogP contribution is 2.20. The fraction of sp³-hybridized carbons (Fsp3) is 0.583. The standard InChI is InChI=1S/C12H20N2S/c1-4-9(2)8-15-12-6-5-11(7-14-12)10(3)13/h5-7,9-10H,4,8,13H2,1-3H3/t9?,10-/m0/s1. The second kappa shape index (κ2) is 6.13. The van der Waals surface area contributed by atoms with Gasteiger partial charge >= 0.3 is 0 Å². The highest BCUT2D eigenvalue weighted by Gasteiger charge is 2.03. The molecule has 0 aliphatic carbocycles. The summed E-state index contributed by atoms with van der Waals surface area (Å²) >= 11 is 1.82. The third-order valence-corrected chi connectivity index (χ3v) is 3.77. The van der Waals surface area contributed by atoms with Gasteiger partial charge in [0.2, 0.25) is 0 Å². The number of rotatable bonds is 5. The van der Waals surface area contributed by atoms with Gasteiger partial charge in [-0.3, -0.25) is 0 Å². The Morgan fingerprint density at radius 2 is 2.13 bits per heavy atom.